The smallest absolute Gasteiger partial charge is 0.146 e. The number of hydrogen-bond acceptors (Lipinski definition) is 2. The van der Waals surface area contributed by atoms with Crippen molar-refractivity contribution in [2.45, 2.75) is 20.3 Å². The van der Waals surface area contributed by atoms with E-state index in [1.807, 2.05) is 17.0 Å². The molecular weight excluding hydrogens is 217 g/mol. The number of piperidine rings is 1. The molecule has 1 fully saturated rings. The van der Waals surface area contributed by atoms with E-state index in [0.717, 1.165) is 19.5 Å². The number of aliphatic hydroxyl groups is 1. The Labute approximate surface area is 102 Å². The Morgan fingerprint density at radius 2 is 2.12 bits per heavy atom. The van der Waals surface area contributed by atoms with Crippen molar-refractivity contribution in [3.05, 3.63) is 30.1 Å². The fraction of sp³-hybridized carbons (Fsp3) is 0.571. The molecule has 1 aliphatic heterocycles. The first kappa shape index (κ1) is 12.4. The van der Waals surface area contributed by atoms with Gasteiger partial charge in [0.05, 0.1) is 5.69 Å². The van der Waals surface area contributed by atoms with Gasteiger partial charge in [-0.25, -0.2) is 4.39 Å². The van der Waals surface area contributed by atoms with Gasteiger partial charge in [0.15, 0.2) is 0 Å². The van der Waals surface area contributed by atoms with Crippen LogP contribution in [0.5, 0.6) is 0 Å². The van der Waals surface area contributed by atoms with Crippen LogP contribution in [0.25, 0.3) is 0 Å². The number of benzene rings is 1. The molecule has 0 aliphatic carbocycles. The Kier molecular flexibility index (Phi) is 3.38. The number of para-hydroxylation sites is 1. The summed E-state index contributed by atoms with van der Waals surface area (Å²) in [5, 5.41) is 9.44. The number of anilines is 1. The highest BCUT2D eigenvalue weighted by atomic mass is 19.1. The largest absolute Gasteiger partial charge is 0.396 e. The number of nitrogens with zero attached hydrogens (tertiary/aromatic N) is 1. The van der Waals surface area contributed by atoms with Gasteiger partial charge in [0, 0.05) is 25.6 Å². The SMILES string of the molecule is CC1(C)CCN(c2ccccc2F)CC1CO. The minimum absolute atomic E-state index is 0.135. The molecule has 1 atom stereocenters. The zero-order chi connectivity index (χ0) is 12.5. The monoisotopic (exact) mass is 237 g/mol. The fourth-order valence-corrected chi connectivity index (χ4v) is 2.46. The van der Waals surface area contributed by atoms with E-state index >= 15 is 0 Å². The van der Waals surface area contributed by atoms with Crippen molar-refractivity contribution in [2.24, 2.45) is 11.3 Å². The zero-order valence-corrected chi connectivity index (χ0v) is 10.5. The summed E-state index contributed by atoms with van der Waals surface area (Å²) in [4.78, 5) is 2.04. The molecule has 2 nitrogen and oxygen atoms in total. The number of rotatable bonds is 2. The Hall–Kier alpha value is -1.09. The third-order valence-electron chi connectivity index (χ3n) is 3.99. The first-order valence-electron chi connectivity index (χ1n) is 6.15. The number of hydrogen-bond donors (Lipinski definition) is 1. The summed E-state index contributed by atoms with van der Waals surface area (Å²) in [5.41, 5.74) is 0.790. The lowest BCUT2D eigenvalue weighted by atomic mass is 9.73. The molecule has 1 aromatic carbocycles. The Morgan fingerprint density at radius 3 is 2.76 bits per heavy atom. The van der Waals surface area contributed by atoms with Crippen LogP contribution in [0, 0.1) is 17.2 Å². The lowest BCUT2D eigenvalue weighted by Gasteiger charge is -2.44. The summed E-state index contributed by atoms with van der Waals surface area (Å²) in [6, 6.07) is 6.85. The molecule has 0 aromatic heterocycles. The predicted molar refractivity (Wildman–Crippen MR) is 67.6 cm³/mol. The molecule has 0 bridgehead atoms. The second kappa shape index (κ2) is 4.65. The molecule has 1 saturated heterocycles. The van der Waals surface area contributed by atoms with Crippen LogP contribution in [0.1, 0.15) is 20.3 Å². The van der Waals surface area contributed by atoms with Crippen LogP contribution in [0.15, 0.2) is 24.3 Å². The summed E-state index contributed by atoms with van der Waals surface area (Å²) in [6.45, 7) is 6.09. The van der Waals surface area contributed by atoms with E-state index in [1.54, 1.807) is 6.07 Å². The summed E-state index contributed by atoms with van der Waals surface area (Å²) in [7, 11) is 0. The van der Waals surface area contributed by atoms with Gasteiger partial charge < -0.3 is 10.0 Å². The van der Waals surface area contributed by atoms with E-state index in [0.29, 0.717) is 5.69 Å². The Balaban J connectivity index is 2.18. The molecule has 1 aliphatic rings. The summed E-state index contributed by atoms with van der Waals surface area (Å²) < 4.78 is 13.7. The van der Waals surface area contributed by atoms with Crippen molar-refractivity contribution in [1.29, 1.82) is 0 Å². The van der Waals surface area contributed by atoms with Gasteiger partial charge in [-0.1, -0.05) is 26.0 Å². The molecule has 1 aromatic rings. The summed E-state index contributed by atoms with van der Waals surface area (Å²) in [6.07, 6.45) is 0.979. The van der Waals surface area contributed by atoms with E-state index in [4.69, 9.17) is 0 Å². The van der Waals surface area contributed by atoms with Crippen molar-refractivity contribution >= 4 is 5.69 Å². The maximum atomic E-state index is 13.7. The molecule has 3 heteroatoms. The summed E-state index contributed by atoms with van der Waals surface area (Å²) in [5.74, 6) is 0.0275. The van der Waals surface area contributed by atoms with E-state index in [-0.39, 0.29) is 23.8 Å². The third kappa shape index (κ3) is 2.44. The van der Waals surface area contributed by atoms with Gasteiger partial charge in [-0.05, 0) is 24.0 Å². The second-order valence-corrected chi connectivity index (χ2v) is 5.52. The van der Waals surface area contributed by atoms with E-state index in [9.17, 15) is 9.50 Å². The fourth-order valence-electron chi connectivity index (χ4n) is 2.46. The maximum absolute atomic E-state index is 13.7. The highest BCUT2D eigenvalue weighted by Crippen LogP contribution is 2.37. The second-order valence-electron chi connectivity index (χ2n) is 5.52. The molecule has 1 unspecified atom stereocenters. The molecule has 0 amide bonds. The van der Waals surface area contributed by atoms with Crippen LogP contribution >= 0.6 is 0 Å². The van der Waals surface area contributed by atoms with Crippen molar-refractivity contribution in [3.8, 4) is 0 Å². The quantitative estimate of drug-likeness (QED) is 0.854. The highest BCUT2D eigenvalue weighted by Gasteiger charge is 2.35. The van der Waals surface area contributed by atoms with E-state index < -0.39 is 0 Å². The van der Waals surface area contributed by atoms with Crippen LogP contribution in [-0.2, 0) is 0 Å². The van der Waals surface area contributed by atoms with E-state index in [2.05, 4.69) is 13.8 Å². The van der Waals surface area contributed by atoms with Gasteiger partial charge >= 0.3 is 0 Å². The van der Waals surface area contributed by atoms with Crippen LogP contribution < -0.4 is 4.90 Å². The minimum Gasteiger partial charge on any atom is -0.396 e. The van der Waals surface area contributed by atoms with Crippen molar-refractivity contribution < 1.29 is 9.50 Å². The van der Waals surface area contributed by atoms with Gasteiger partial charge in [0.1, 0.15) is 5.82 Å². The standard InChI is InChI=1S/C14H20FNO/c1-14(2)7-8-16(9-11(14)10-17)13-6-4-3-5-12(13)15/h3-6,11,17H,7-10H2,1-2H3. The zero-order valence-electron chi connectivity index (χ0n) is 10.5. The van der Waals surface area contributed by atoms with Gasteiger partial charge in [-0.2, -0.15) is 0 Å². The van der Waals surface area contributed by atoms with Crippen LogP contribution in [0.3, 0.4) is 0 Å². The molecular formula is C14H20FNO. The van der Waals surface area contributed by atoms with Crippen LogP contribution in [-0.4, -0.2) is 24.8 Å². The van der Waals surface area contributed by atoms with Crippen molar-refractivity contribution in [3.63, 3.8) is 0 Å². The molecule has 1 heterocycles. The van der Waals surface area contributed by atoms with Gasteiger partial charge in [0.2, 0.25) is 0 Å². The lowest BCUT2D eigenvalue weighted by molar-refractivity contribution is 0.0965. The first-order valence-corrected chi connectivity index (χ1v) is 6.15. The van der Waals surface area contributed by atoms with Crippen molar-refractivity contribution in [1.82, 2.24) is 0 Å². The average molecular weight is 237 g/mol. The highest BCUT2D eigenvalue weighted by molar-refractivity contribution is 5.48. The van der Waals surface area contributed by atoms with E-state index in [1.165, 1.54) is 6.07 Å². The molecule has 1 N–H and O–H groups in total. The normalized spacial score (nSPS) is 23.8. The minimum atomic E-state index is -0.177. The molecule has 0 radical (unpaired) electrons. The van der Waals surface area contributed by atoms with Crippen molar-refractivity contribution in [2.75, 3.05) is 24.6 Å². The molecule has 94 valence electrons. The predicted octanol–water partition coefficient (Wildman–Crippen LogP) is 2.67. The van der Waals surface area contributed by atoms with Crippen LogP contribution in [0.2, 0.25) is 0 Å². The lowest BCUT2D eigenvalue weighted by Crippen LogP contribution is -2.46. The molecule has 2 rings (SSSR count). The topological polar surface area (TPSA) is 23.5 Å². The number of aliphatic hydroxyl groups excluding tert-OH is 1. The molecule has 17 heavy (non-hydrogen) atoms. The average Bonchev–Trinajstić information content (AvgIpc) is 2.30. The third-order valence-corrected chi connectivity index (χ3v) is 3.99. The molecule has 0 spiro atoms. The summed E-state index contributed by atoms with van der Waals surface area (Å²) >= 11 is 0. The Morgan fingerprint density at radius 1 is 1.41 bits per heavy atom. The number of halogens is 1. The maximum Gasteiger partial charge on any atom is 0.146 e. The van der Waals surface area contributed by atoms with Crippen LogP contribution in [0.4, 0.5) is 10.1 Å². The Bertz CT molecular complexity index is 392. The van der Waals surface area contributed by atoms with Gasteiger partial charge in [0.25, 0.3) is 0 Å². The molecule has 0 saturated carbocycles. The van der Waals surface area contributed by atoms with Gasteiger partial charge in [-0.15, -0.1) is 0 Å². The first-order chi connectivity index (χ1) is 8.04. The van der Waals surface area contributed by atoms with Gasteiger partial charge in [-0.3, -0.25) is 0 Å².